The average Bonchev–Trinajstić information content (AvgIpc) is 2.42. The minimum absolute atomic E-state index is 0.145. The predicted octanol–water partition coefficient (Wildman–Crippen LogP) is 3.96. The minimum Gasteiger partial charge on any atom is -0.415 e. The van der Waals surface area contributed by atoms with Gasteiger partial charge in [0, 0.05) is 23.7 Å². The number of hydrogen-bond acceptors (Lipinski definition) is 3. The number of halogens is 1. The summed E-state index contributed by atoms with van der Waals surface area (Å²) >= 11 is 3.61. The van der Waals surface area contributed by atoms with E-state index < -0.39 is 8.32 Å². The van der Waals surface area contributed by atoms with Crippen LogP contribution in [-0.2, 0) is 10.8 Å². The molecular weight excluding hydrogens is 358 g/mol. The van der Waals surface area contributed by atoms with E-state index >= 15 is 0 Å². The smallest absolute Gasteiger partial charge is 0.192 e. The summed E-state index contributed by atoms with van der Waals surface area (Å²) in [6.45, 7) is 12.7. The van der Waals surface area contributed by atoms with Crippen LogP contribution in [0.5, 0.6) is 0 Å². The highest BCUT2D eigenvalue weighted by Crippen LogP contribution is 2.36. The van der Waals surface area contributed by atoms with E-state index in [2.05, 4.69) is 73.3 Å². The van der Waals surface area contributed by atoms with Gasteiger partial charge in [-0.05, 0) is 36.2 Å². The third-order valence-corrected chi connectivity index (χ3v) is 9.69. The van der Waals surface area contributed by atoms with Gasteiger partial charge in [-0.2, -0.15) is 0 Å². The Hall–Kier alpha value is -0.203. The van der Waals surface area contributed by atoms with E-state index in [0.29, 0.717) is 13.2 Å². The third-order valence-electron chi connectivity index (χ3n) is 4.42. The van der Waals surface area contributed by atoms with Gasteiger partial charge in [0.1, 0.15) is 0 Å². The van der Waals surface area contributed by atoms with Gasteiger partial charge in [-0.1, -0.05) is 54.9 Å². The summed E-state index contributed by atoms with van der Waals surface area (Å²) in [6, 6.07) is 8.48. The summed E-state index contributed by atoms with van der Waals surface area (Å²) in [5.74, 6) is 0. The molecular formula is C17H30BrNO2Si. The van der Waals surface area contributed by atoms with Crippen LogP contribution in [0.2, 0.25) is 18.1 Å². The van der Waals surface area contributed by atoms with Crippen molar-refractivity contribution in [3.8, 4) is 0 Å². The zero-order valence-electron chi connectivity index (χ0n) is 14.4. The van der Waals surface area contributed by atoms with Crippen molar-refractivity contribution in [3.05, 3.63) is 34.3 Å². The second-order valence-corrected chi connectivity index (χ2v) is 12.9. The largest absolute Gasteiger partial charge is 0.415 e. The molecule has 2 N–H and O–H groups in total. The van der Waals surface area contributed by atoms with Gasteiger partial charge < -0.3 is 14.8 Å². The van der Waals surface area contributed by atoms with Crippen molar-refractivity contribution in [2.45, 2.75) is 51.4 Å². The number of nitrogens with one attached hydrogen (secondary N) is 1. The molecule has 1 aromatic rings. The zero-order valence-corrected chi connectivity index (χ0v) is 17.0. The Morgan fingerprint density at radius 2 is 1.91 bits per heavy atom. The van der Waals surface area contributed by atoms with Crippen molar-refractivity contribution in [3.63, 3.8) is 0 Å². The number of rotatable bonds is 8. The first-order valence-corrected chi connectivity index (χ1v) is 11.6. The molecule has 0 fully saturated rings. The molecule has 0 aliphatic heterocycles. The molecule has 0 bridgehead atoms. The van der Waals surface area contributed by atoms with E-state index in [-0.39, 0.29) is 17.7 Å². The summed E-state index contributed by atoms with van der Waals surface area (Å²) in [5.41, 5.74) is 1.26. The summed E-state index contributed by atoms with van der Waals surface area (Å²) in [7, 11) is -1.75. The lowest BCUT2D eigenvalue weighted by Crippen LogP contribution is -2.46. The fourth-order valence-electron chi connectivity index (χ4n) is 1.91. The number of aliphatic hydroxyl groups excluding tert-OH is 1. The van der Waals surface area contributed by atoms with Gasteiger partial charge in [-0.25, -0.2) is 0 Å². The Morgan fingerprint density at radius 1 is 1.27 bits per heavy atom. The molecule has 0 aliphatic rings. The van der Waals surface area contributed by atoms with E-state index in [1.807, 2.05) is 6.07 Å². The summed E-state index contributed by atoms with van der Waals surface area (Å²) in [5, 5.41) is 12.7. The van der Waals surface area contributed by atoms with Crippen LogP contribution in [0.3, 0.4) is 0 Å². The molecule has 1 unspecified atom stereocenters. The van der Waals surface area contributed by atoms with E-state index in [1.54, 1.807) is 0 Å². The predicted molar refractivity (Wildman–Crippen MR) is 99.9 cm³/mol. The molecule has 0 radical (unpaired) electrons. The normalized spacial score (nSPS) is 14.1. The Kier molecular flexibility index (Phi) is 7.75. The standard InChI is InChI=1S/C17H30BrNO2Si/c1-17(2,3)22(4,5)21-13-15(19-10-11-20)12-14-8-6-7-9-16(14)18/h6-9,15,19-20H,10-13H2,1-5H3. The maximum absolute atomic E-state index is 9.09. The SMILES string of the molecule is CC(C)(C)[Si](C)(C)OCC(Cc1ccccc1Br)NCCO. The molecule has 1 atom stereocenters. The second kappa shape index (κ2) is 8.59. The van der Waals surface area contributed by atoms with E-state index in [1.165, 1.54) is 5.56 Å². The molecule has 126 valence electrons. The second-order valence-electron chi connectivity index (χ2n) is 7.24. The van der Waals surface area contributed by atoms with Gasteiger partial charge in [-0.15, -0.1) is 0 Å². The number of benzene rings is 1. The highest BCUT2D eigenvalue weighted by atomic mass is 79.9. The lowest BCUT2D eigenvalue weighted by atomic mass is 10.1. The maximum atomic E-state index is 9.09. The lowest BCUT2D eigenvalue weighted by molar-refractivity contribution is 0.226. The summed E-state index contributed by atoms with van der Waals surface area (Å²) in [6.07, 6.45) is 0.885. The van der Waals surface area contributed by atoms with E-state index in [4.69, 9.17) is 9.53 Å². The molecule has 0 saturated carbocycles. The molecule has 1 aromatic carbocycles. The Morgan fingerprint density at radius 3 is 2.45 bits per heavy atom. The van der Waals surface area contributed by atoms with Gasteiger partial charge in [0.25, 0.3) is 0 Å². The number of aliphatic hydroxyl groups is 1. The number of hydrogen-bond donors (Lipinski definition) is 2. The average molecular weight is 388 g/mol. The van der Waals surface area contributed by atoms with Crippen LogP contribution in [0, 0.1) is 0 Å². The van der Waals surface area contributed by atoms with Crippen molar-refractivity contribution in [1.82, 2.24) is 5.32 Å². The summed E-state index contributed by atoms with van der Waals surface area (Å²) < 4.78 is 7.47. The molecule has 0 aromatic heterocycles. The Balaban J connectivity index is 2.71. The van der Waals surface area contributed by atoms with Crippen molar-refractivity contribution >= 4 is 24.2 Å². The quantitative estimate of drug-likeness (QED) is 0.663. The van der Waals surface area contributed by atoms with Crippen molar-refractivity contribution in [2.75, 3.05) is 19.8 Å². The molecule has 5 heteroatoms. The van der Waals surface area contributed by atoms with Crippen molar-refractivity contribution < 1.29 is 9.53 Å². The van der Waals surface area contributed by atoms with E-state index in [0.717, 1.165) is 10.9 Å². The fraction of sp³-hybridized carbons (Fsp3) is 0.647. The zero-order chi connectivity index (χ0) is 16.8. The van der Waals surface area contributed by atoms with Crippen LogP contribution in [0.15, 0.2) is 28.7 Å². The van der Waals surface area contributed by atoms with Gasteiger partial charge in [0.2, 0.25) is 0 Å². The first-order valence-electron chi connectivity index (χ1n) is 7.89. The molecule has 22 heavy (non-hydrogen) atoms. The monoisotopic (exact) mass is 387 g/mol. The Labute approximate surface area is 144 Å². The molecule has 3 nitrogen and oxygen atoms in total. The minimum atomic E-state index is -1.75. The van der Waals surface area contributed by atoms with Crippen LogP contribution >= 0.6 is 15.9 Å². The molecule has 0 spiro atoms. The molecule has 0 saturated heterocycles. The molecule has 0 amide bonds. The first-order chi connectivity index (χ1) is 10.2. The fourth-order valence-corrected chi connectivity index (χ4v) is 3.41. The van der Waals surface area contributed by atoms with Gasteiger partial charge in [-0.3, -0.25) is 0 Å². The van der Waals surface area contributed by atoms with Gasteiger partial charge in [0.15, 0.2) is 8.32 Å². The highest BCUT2D eigenvalue weighted by molar-refractivity contribution is 9.10. The Bertz CT molecular complexity index is 460. The lowest BCUT2D eigenvalue weighted by Gasteiger charge is -2.37. The maximum Gasteiger partial charge on any atom is 0.192 e. The van der Waals surface area contributed by atoms with Crippen LogP contribution in [-0.4, -0.2) is 39.2 Å². The van der Waals surface area contributed by atoms with Crippen molar-refractivity contribution in [1.29, 1.82) is 0 Å². The molecule has 1 rings (SSSR count). The van der Waals surface area contributed by atoms with Crippen LogP contribution in [0.4, 0.5) is 0 Å². The summed E-state index contributed by atoms with van der Waals surface area (Å²) in [4.78, 5) is 0. The molecule has 0 heterocycles. The van der Waals surface area contributed by atoms with Crippen molar-refractivity contribution in [2.24, 2.45) is 0 Å². The van der Waals surface area contributed by atoms with Gasteiger partial charge >= 0.3 is 0 Å². The first kappa shape index (κ1) is 19.8. The highest BCUT2D eigenvalue weighted by Gasteiger charge is 2.37. The van der Waals surface area contributed by atoms with Crippen LogP contribution in [0.1, 0.15) is 26.3 Å². The molecule has 0 aliphatic carbocycles. The third kappa shape index (κ3) is 6.12. The van der Waals surface area contributed by atoms with E-state index in [9.17, 15) is 0 Å². The van der Waals surface area contributed by atoms with Gasteiger partial charge in [0.05, 0.1) is 6.61 Å². The topological polar surface area (TPSA) is 41.5 Å². The van der Waals surface area contributed by atoms with Crippen LogP contribution < -0.4 is 5.32 Å². The van der Waals surface area contributed by atoms with Crippen LogP contribution in [0.25, 0.3) is 0 Å².